The Labute approximate surface area is 138 Å². The van der Waals surface area contributed by atoms with Gasteiger partial charge in [0.1, 0.15) is 17.5 Å². The summed E-state index contributed by atoms with van der Waals surface area (Å²) in [5.74, 6) is -1.07. The van der Waals surface area contributed by atoms with Crippen molar-refractivity contribution in [2.45, 2.75) is 13.8 Å². The number of hydrogen-bond donors (Lipinski definition) is 3. The number of halogens is 2. The lowest BCUT2D eigenvalue weighted by molar-refractivity contribution is 0.0951. The Morgan fingerprint density at radius 1 is 1.12 bits per heavy atom. The molecule has 0 unspecified atom stereocenters. The molecule has 0 aliphatic heterocycles. The summed E-state index contributed by atoms with van der Waals surface area (Å²) in [5.41, 5.74) is 0.610. The van der Waals surface area contributed by atoms with Crippen molar-refractivity contribution in [3.8, 4) is 0 Å². The number of aromatic nitrogens is 2. The lowest BCUT2D eigenvalue weighted by Crippen LogP contribution is -2.29. The summed E-state index contributed by atoms with van der Waals surface area (Å²) in [6.07, 6.45) is 0. The van der Waals surface area contributed by atoms with Crippen molar-refractivity contribution in [1.29, 1.82) is 0 Å². The third-order valence-electron chi connectivity index (χ3n) is 3.08. The fourth-order valence-corrected chi connectivity index (χ4v) is 2.04. The zero-order valence-corrected chi connectivity index (χ0v) is 13.5. The maximum Gasteiger partial charge on any atom is 0.254 e. The normalized spacial score (nSPS) is 10.3. The summed E-state index contributed by atoms with van der Waals surface area (Å²) in [6.45, 7) is 5.17. The van der Waals surface area contributed by atoms with Crippen LogP contribution in [0.5, 0.6) is 0 Å². The predicted octanol–water partition coefficient (Wildman–Crippen LogP) is 2.34. The molecule has 1 aromatic heterocycles. The van der Waals surface area contributed by atoms with E-state index in [4.69, 9.17) is 0 Å². The molecule has 3 N–H and O–H groups in total. The molecule has 6 nitrogen and oxygen atoms in total. The van der Waals surface area contributed by atoms with Gasteiger partial charge in [0.05, 0.1) is 5.56 Å². The van der Waals surface area contributed by atoms with Crippen molar-refractivity contribution in [3.05, 3.63) is 47.2 Å². The third-order valence-corrected chi connectivity index (χ3v) is 3.08. The number of amides is 1. The van der Waals surface area contributed by atoms with E-state index in [9.17, 15) is 13.6 Å². The second kappa shape index (κ2) is 8.19. The van der Waals surface area contributed by atoms with E-state index >= 15 is 0 Å². The standard InChI is InChI=1S/C16H19F2N5O/c1-3-19-14-8-10(2)22-16(23-14)21-7-6-20-15(24)12-5-4-11(17)9-13(12)18/h4-5,8-9H,3,6-7H2,1-2H3,(H,20,24)(H2,19,21,22,23). The van der Waals surface area contributed by atoms with E-state index in [1.807, 2.05) is 19.9 Å². The Kier molecular flexibility index (Phi) is 6.00. The second-order valence-electron chi connectivity index (χ2n) is 5.06. The molecule has 0 radical (unpaired) electrons. The van der Waals surface area contributed by atoms with Crippen molar-refractivity contribution in [2.75, 3.05) is 30.3 Å². The largest absolute Gasteiger partial charge is 0.370 e. The molecule has 8 heteroatoms. The average Bonchev–Trinajstić information content (AvgIpc) is 2.51. The molecule has 1 aromatic carbocycles. The predicted molar refractivity (Wildman–Crippen MR) is 88.1 cm³/mol. The first-order chi connectivity index (χ1) is 11.5. The van der Waals surface area contributed by atoms with Gasteiger partial charge in [-0.3, -0.25) is 4.79 Å². The fraction of sp³-hybridized carbons (Fsp3) is 0.312. The number of anilines is 2. The molecule has 0 aliphatic rings. The van der Waals surface area contributed by atoms with Crippen LogP contribution in [0.15, 0.2) is 24.3 Å². The van der Waals surface area contributed by atoms with Crippen LogP contribution in [0.1, 0.15) is 23.0 Å². The highest BCUT2D eigenvalue weighted by Crippen LogP contribution is 2.10. The van der Waals surface area contributed by atoms with Crippen LogP contribution in [0.4, 0.5) is 20.5 Å². The van der Waals surface area contributed by atoms with E-state index in [-0.39, 0.29) is 12.1 Å². The first-order valence-corrected chi connectivity index (χ1v) is 7.56. The van der Waals surface area contributed by atoms with Gasteiger partial charge >= 0.3 is 0 Å². The molecular weight excluding hydrogens is 316 g/mol. The van der Waals surface area contributed by atoms with E-state index in [1.54, 1.807) is 0 Å². The summed E-state index contributed by atoms with van der Waals surface area (Å²) in [7, 11) is 0. The summed E-state index contributed by atoms with van der Waals surface area (Å²) in [4.78, 5) is 20.4. The van der Waals surface area contributed by atoms with Crippen molar-refractivity contribution in [3.63, 3.8) is 0 Å². The van der Waals surface area contributed by atoms with Gasteiger partial charge in [0.2, 0.25) is 5.95 Å². The number of hydrogen-bond acceptors (Lipinski definition) is 5. The van der Waals surface area contributed by atoms with Crippen molar-refractivity contribution >= 4 is 17.7 Å². The van der Waals surface area contributed by atoms with Crippen molar-refractivity contribution < 1.29 is 13.6 Å². The summed E-state index contributed by atoms with van der Waals surface area (Å²) >= 11 is 0. The number of nitrogens with one attached hydrogen (secondary N) is 3. The van der Waals surface area contributed by atoms with Crippen LogP contribution in [0.3, 0.4) is 0 Å². The molecule has 0 aliphatic carbocycles. The van der Waals surface area contributed by atoms with Crippen LogP contribution in [-0.2, 0) is 0 Å². The van der Waals surface area contributed by atoms with Crippen molar-refractivity contribution in [2.24, 2.45) is 0 Å². The molecule has 0 fully saturated rings. The molecule has 0 spiro atoms. The maximum absolute atomic E-state index is 13.5. The summed E-state index contributed by atoms with van der Waals surface area (Å²) in [6, 6.07) is 4.66. The molecule has 2 rings (SSSR count). The van der Waals surface area contributed by atoms with Crippen LogP contribution in [0, 0.1) is 18.6 Å². The van der Waals surface area contributed by atoms with Gasteiger partial charge in [-0.1, -0.05) is 0 Å². The monoisotopic (exact) mass is 335 g/mol. The van der Waals surface area contributed by atoms with Gasteiger partial charge in [0, 0.05) is 37.5 Å². The van der Waals surface area contributed by atoms with E-state index in [0.717, 1.165) is 24.4 Å². The Morgan fingerprint density at radius 2 is 1.92 bits per heavy atom. The molecule has 0 saturated heterocycles. The number of carbonyl (C=O) groups excluding carboxylic acids is 1. The Balaban J connectivity index is 1.85. The van der Waals surface area contributed by atoms with Crippen molar-refractivity contribution in [1.82, 2.24) is 15.3 Å². The number of rotatable bonds is 7. The maximum atomic E-state index is 13.5. The molecule has 2 aromatic rings. The van der Waals surface area contributed by atoms with Crippen LogP contribution in [0.25, 0.3) is 0 Å². The smallest absolute Gasteiger partial charge is 0.254 e. The van der Waals surface area contributed by atoms with E-state index in [1.165, 1.54) is 0 Å². The van der Waals surface area contributed by atoms with Gasteiger partial charge in [-0.25, -0.2) is 13.8 Å². The zero-order chi connectivity index (χ0) is 17.5. The molecular formula is C16H19F2N5O. The quantitative estimate of drug-likeness (QED) is 0.677. The highest BCUT2D eigenvalue weighted by molar-refractivity contribution is 5.94. The third kappa shape index (κ3) is 4.87. The Hall–Kier alpha value is -2.77. The van der Waals surface area contributed by atoms with Gasteiger partial charge in [0.15, 0.2) is 0 Å². The topological polar surface area (TPSA) is 78.9 Å². The van der Waals surface area contributed by atoms with Crippen LogP contribution in [-0.4, -0.2) is 35.5 Å². The van der Waals surface area contributed by atoms with Gasteiger partial charge < -0.3 is 16.0 Å². The van der Waals surface area contributed by atoms with E-state index in [0.29, 0.717) is 24.4 Å². The lowest BCUT2D eigenvalue weighted by atomic mass is 10.2. The first-order valence-electron chi connectivity index (χ1n) is 7.56. The molecule has 128 valence electrons. The number of nitrogens with zero attached hydrogens (tertiary/aromatic N) is 2. The van der Waals surface area contributed by atoms with Gasteiger partial charge in [-0.05, 0) is 26.0 Å². The second-order valence-corrected chi connectivity index (χ2v) is 5.06. The number of carbonyl (C=O) groups is 1. The highest BCUT2D eigenvalue weighted by Gasteiger charge is 2.11. The van der Waals surface area contributed by atoms with Gasteiger partial charge in [-0.2, -0.15) is 4.98 Å². The van der Waals surface area contributed by atoms with Crippen LogP contribution >= 0.6 is 0 Å². The Morgan fingerprint density at radius 3 is 2.62 bits per heavy atom. The average molecular weight is 335 g/mol. The van der Waals surface area contributed by atoms with Gasteiger partial charge in [-0.15, -0.1) is 0 Å². The zero-order valence-electron chi connectivity index (χ0n) is 13.5. The van der Waals surface area contributed by atoms with Crippen LogP contribution < -0.4 is 16.0 Å². The van der Waals surface area contributed by atoms with E-state index in [2.05, 4.69) is 25.9 Å². The highest BCUT2D eigenvalue weighted by atomic mass is 19.1. The fourth-order valence-electron chi connectivity index (χ4n) is 2.04. The minimum atomic E-state index is -0.891. The van der Waals surface area contributed by atoms with E-state index < -0.39 is 17.5 Å². The molecule has 1 heterocycles. The molecule has 24 heavy (non-hydrogen) atoms. The molecule has 0 bridgehead atoms. The summed E-state index contributed by atoms with van der Waals surface area (Å²) < 4.78 is 26.3. The minimum absolute atomic E-state index is 0.197. The SMILES string of the molecule is CCNc1cc(C)nc(NCCNC(=O)c2ccc(F)cc2F)n1. The molecule has 0 atom stereocenters. The number of benzene rings is 1. The number of aryl methyl sites for hydroxylation is 1. The molecule has 1 amide bonds. The Bertz CT molecular complexity index is 724. The van der Waals surface area contributed by atoms with Crippen LogP contribution in [0.2, 0.25) is 0 Å². The van der Waals surface area contributed by atoms with Gasteiger partial charge in [0.25, 0.3) is 5.91 Å². The summed E-state index contributed by atoms with van der Waals surface area (Å²) in [5, 5.41) is 8.63. The lowest BCUT2D eigenvalue weighted by Gasteiger charge is -2.10. The minimum Gasteiger partial charge on any atom is -0.370 e. The first kappa shape index (κ1) is 17.6. The molecule has 0 saturated carbocycles.